The number of benzene rings is 3. The van der Waals surface area contributed by atoms with Gasteiger partial charge in [-0.25, -0.2) is 4.79 Å². The Labute approximate surface area is 227 Å². The minimum atomic E-state index is -0.992. The van der Waals surface area contributed by atoms with Crippen LogP contribution in [0.3, 0.4) is 0 Å². The van der Waals surface area contributed by atoms with Crippen LogP contribution in [0.15, 0.2) is 72.3 Å². The Kier molecular flexibility index (Phi) is 7.49. The molecule has 8 heteroatoms. The highest BCUT2D eigenvalue weighted by atomic mass is 16.5. The van der Waals surface area contributed by atoms with E-state index >= 15 is 0 Å². The number of esters is 1. The number of hydrogen-bond acceptors (Lipinski definition) is 7. The van der Waals surface area contributed by atoms with Crippen molar-refractivity contribution in [1.82, 2.24) is 0 Å². The van der Waals surface area contributed by atoms with Crippen LogP contribution in [0.25, 0.3) is 5.76 Å². The maximum Gasteiger partial charge on any atom is 0.337 e. The molecule has 3 aromatic carbocycles. The first-order chi connectivity index (χ1) is 18.5. The lowest BCUT2D eigenvalue weighted by Crippen LogP contribution is -2.29. The molecule has 4 rings (SSSR count). The lowest BCUT2D eigenvalue weighted by molar-refractivity contribution is -0.132. The Bertz CT molecular complexity index is 1480. The fourth-order valence-corrected chi connectivity index (χ4v) is 4.72. The van der Waals surface area contributed by atoms with Crippen molar-refractivity contribution in [2.24, 2.45) is 0 Å². The van der Waals surface area contributed by atoms with E-state index < -0.39 is 23.7 Å². The maximum atomic E-state index is 13.6. The molecular formula is C31H31NO7. The Balaban J connectivity index is 1.97. The van der Waals surface area contributed by atoms with Gasteiger partial charge < -0.3 is 19.3 Å². The summed E-state index contributed by atoms with van der Waals surface area (Å²) >= 11 is 0. The lowest BCUT2D eigenvalue weighted by atomic mass is 9.84. The summed E-state index contributed by atoms with van der Waals surface area (Å²) in [5.41, 5.74) is 1.85. The first kappa shape index (κ1) is 27.4. The van der Waals surface area contributed by atoms with Crippen LogP contribution in [0.1, 0.15) is 53.9 Å². The van der Waals surface area contributed by atoms with Gasteiger partial charge in [0.2, 0.25) is 0 Å². The highest BCUT2D eigenvalue weighted by Gasteiger charge is 2.47. The molecule has 1 fully saturated rings. The van der Waals surface area contributed by atoms with Crippen LogP contribution in [0, 0.1) is 0 Å². The number of ketones is 1. The summed E-state index contributed by atoms with van der Waals surface area (Å²) < 4.78 is 15.7. The molecule has 1 saturated heterocycles. The van der Waals surface area contributed by atoms with Crippen molar-refractivity contribution in [3.05, 3.63) is 94.6 Å². The fourth-order valence-electron chi connectivity index (χ4n) is 4.72. The molecule has 0 spiro atoms. The zero-order valence-electron chi connectivity index (χ0n) is 22.8. The number of Topliss-reactive ketones (excluding diaryl/α,β-unsaturated/α-hetero) is 1. The van der Waals surface area contributed by atoms with E-state index in [2.05, 4.69) is 0 Å². The van der Waals surface area contributed by atoms with Crippen molar-refractivity contribution < 1.29 is 33.7 Å². The molecular weight excluding hydrogens is 498 g/mol. The summed E-state index contributed by atoms with van der Waals surface area (Å²) in [7, 11) is 4.35. The maximum absolute atomic E-state index is 13.6. The molecule has 202 valence electrons. The molecule has 3 aromatic rings. The van der Waals surface area contributed by atoms with E-state index in [4.69, 9.17) is 14.2 Å². The first-order valence-electron chi connectivity index (χ1n) is 12.3. The molecule has 39 heavy (non-hydrogen) atoms. The topological polar surface area (TPSA) is 102 Å². The summed E-state index contributed by atoms with van der Waals surface area (Å²) in [6.45, 7) is 6.04. The van der Waals surface area contributed by atoms with Crippen LogP contribution >= 0.6 is 0 Å². The number of ether oxygens (including phenoxy) is 3. The van der Waals surface area contributed by atoms with E-state index in [1.165, 1.54) is 25.2 Å². The van der Waals surface area contributed by atoms with Gasteiger partial charge in [0.25, 0.3) is 11.7 Å². The highest BCUT2D eigenvalue weighted by Crippen LogP contribution is 2.44. The van der Waals surface area contributed by atoms with Gasteiger partial charge in [0.15, 0.2) is 0 Å². The van der Waals surface area contributed by atoms with Gasteiger partial charge in [-0.1, -0.05) is 39.0 Å². The molecule has 1 atom stereocenters. The number of rotatable bonds is 6. The summed E-state index contributed by atoms with van der Waals surface area (Å²) in [5.74, 6) is -1.43. The zero-order valence-corrected chi connectivity index (χ0v) is 22.8. The number of amides is 1. The predicted octanol–water partition coefficient (Wildman–Crippen LogP) is 5.41. The van der Waals surface area contributed by atoms with Crippen LogP contribution < -0.4 is 14.4 Å². The minimum absolute atomic E-state index is 0.0817. The predicted molar refractivity (Wildman–Crippen MR) is 147 cm³/mol. The summed E-state index contributed by atoms with van der Waals surface area (Å²) in [4.78, 5) is 40.6. The molecule has 1 aliphatic rings. The van der Waals surface area contributed by atoms with Crippen molar-refractivity contribution in [1.29, 1.82) is 0 Å². The van der Waals surface area contributed by atoms with Gasteiger partial charge in [-0.2, -0.15) is 0 Å². The number of methoxy groups -OCH3 is 3. The van der Waals surface area contributed by atoms with Gasteiger partial charge in [0.05, 0.1) is 38.5 Å². The van der Waals surface area contributed by atoms with E-state index in [1.807, 2.05) is 20.8 Å². The quantitative estimate of drug-likeness (QED) is 0.197. The highest BCUT2D eigenvalue weighted by molar-refractivity contribution is 6.51. The second-order valence-electron chi connectivity index (χ2n) is 10.2. The van der Waals surface area contributed by atoms with Crippen molar-refractivity contribution in [3.63, 3.8) is 0 Å². The van der Waals surface area contributed by atoms with Crippen molar-refractivity contribution in [3.8, 4) is 11.5 Å². The third kappa shape index (κ3) is 5.10. The Morgan fingerprint density at radius 1 is 0.872 bits per heavy atom. The van der Waals surface area contributed by atoms with Gasteiger partial charge in [0.1, 0.15) is 17.3 Å². The number of carbonyl (C=O) groups is 3. The molecule has 0 saturated carbocycles. The van der Waals surface area contributed by atoms with Gasteiger partial charge in [-0.3, -0.25) is 14.5 Å². The monoisotopic (exact) mass is 529 g/mol. The van der Waals surface area contributed by atoms with Crippen LogP contribution in [0.2, 0.25) is 0 Å². The molecule has 1 N–H and O–H groups in total. The van der Waals surface area contributed by atoms with E-state index in [0.29, 0.717) is 28.3 Å². The number of anilines is 1. The van der Waals surface area contributed by atoms with E-state index in [9.17, 15) is 19.5 Å². The van der Waals surface area contributed by atoms with Gasteiger partial charge in [0, 0.05) is 16.8 Å². The molecule has 1 heterocycles. The summed E-state index contributed by atoms with van der Waals surface area (Å²) in [6, 6.07) is 17.3. The molecule has 0 radical (unpaired) electrons. The summed E-state index contributed by atoms with van der Waals surface area (Å²) in [6.07, 6.45) is 0. The number of hydrogen-bond donors (Lipinski definition) is 1. The van der Waals surface area contributed by atoms with E-state index in [0.717, 1.165) is 5.56 Å². The Morgan fingerprint density at radius 3 is 2.23 bits per heavy atom. The molecule has 0 aliphatic carbocycles. The first-order valence-corrected chi connectivity index (χ1v) is 12.3. The largest absolute Gasteiger partial charge is 0.507 e. The third-order valence-corrected chi connectivity index (χ3v) is 6.68. The lowest BCUT2D eigenvalue weighted by Gasteiger charge is -2.26. The second kappa shape index (κ2) is 10.6. The Morgan fingerprint density at radius 2 is 1.59 bits per heavy atom. The second-order valence-corrected chi connectivity index (χ2v) is 10.2. The third-order valence-electron chi connectivity index (χ3n) is 6.68. The molecule has 0 aromatic heterocycles. The molecule has 8 nitrogen and oxygen atoms in total. The average Bonchev–Trinajstić information content (AvgIpc) is 3.21. The Hall–Kier alpha value is -4.59. The van der Waals surface area contributed by atoms with Gasteiger partial charge in [-0.15, -0.1) is 0 Å². The van der Waals surface area contributed by atoms with Crippen molar-refractivity contribution >= 4 is 29.1 Å². The zero-order chi connectivity index (χ0) is 28.5. The summed E-state index contributed by atoms with van der Waals surface area (Å²) in [5, 5.41) is 11.6. The van der Waals surface area contributed by atoms with Crippen LogP contribution in [-0.4, -0.2) is 44.1 Å². The SMILES string of the molecule is COC(=O)c1cccc(N2C(=O)C(=O)/C(=C(\O)c3ccc(OC)c(C(C)(C)C)c3)C2c2cccc(OC)c2)c1. The van der Waals surface area contributed by atoms with Crippen molar-refractivity contribution in [2.45, 2.75) is 32.2 Å². The minimum Gasteiger partial charge on any atom is -0.507 e. The van der Waals surface area contributed by atoms with Crippen LogP contribution in [-0.2, 0) is 19.7 Å². The number of aliphatic hydroxyl groups is 1. The van der Waals surface area contributed by atoms with Gasteiger partial charge in [-0.05, 0) is 59.5 Å². The average molecular weight is 530 g/mol. The number of aliphatic hydroxyl groups excluding tert-OH is 1. The van der Waals surface area contributed by atoms with E-state index in [-0.39, 0.29) is 22.3 Å². The standard InChI is InChI=1S/C31H31NO7/c1-31(2,3)23-17-19(13-14-24(23)38-5)27(33)25-26(18-9-8-12-22(16-18)37-4)32(29(35)28(25)34)21-11-7-10-20(15-21)30(36)39-6/h7-17,26,33H,1-6H3/b27-25-. The smallest absolute Gasteiger partial charge is 0.337 e. The fraction of sp³-hybridized carbons (Fsp3) is 0.258. The molecule has 1 unspecified atom stereocenters. The van der Waals surface area contributed by atoms with Gasteiger partial charge >= 0.3 is 5.97 Å². The number of carbonyl (C=O) groups excluding carboxylic acids is 3. The molecule has 1 amide bonds. The molecule has 1 aliphatic heterocycles. The normalized spacial score (nSPS) is 16.8. The van der Waals surface area contributed by atoms with Crippen molar-refractivity contribution in [2.75, 3.05) is 26.2 Å². The van der Waals surface area contributed by atoms with E-state index in [1.54, 1.807) is 67.8 Å². The molecule has 0 bridgehead atoms. The number of nitrogens with zero attached hydrogens (tertiary/aromatic N) is 1. The van der Waals surface area contributed by atoms with Crippen LogP contribution in [0.4, 0.5) is 5.69 Å². The van der Waals surface area contributed by atoms with Crippen LogP contribution in [0.5, 0.6) is 11.5 Å².